The fraction of sp³-hybridized carbons (Fsp3) is 0. The molecule has 0 aliphatic carbocycles. The van der Waals surface area contributed by atoms with Crippen molar-refractivity contribution in [3.63, 3.8) is 0 Å². The highest BCUT2D eigenvalue weighted by atomic mass is 19.1. The smallest absolute Gasteiger partial charge is 0.278 e. The Hall–Kier alpha value is -3.40. The fourth-order valence-corrected chi connectivity index (χ4v) is 3.88. The van der Waals surface area contributed by atoms with Crippen molar-refractivity contribution < 1.29 is 17.6 Å². The monoisotopic (exact) mass is 344 g/mol. The van der Waals surface area contributed by atoms with E-state index in [2.05, 4.69) is 0 Å². The van der Waals surface area contributed by atoms with E-state index < -0.39 is 12.0 Å². The molecule has 0 unspecified atom stereocenters. The zero-order chi connectivity index (χ0) is 17.4. The lowest BCUT2D eigenvalue weighted by molar-refractivity contribution is 0.380. The molecule has 0 spiro atoms. The van der Waals surface area contributed by atoms with Gasteiger partial charge in [0.05, 0.1) is 0 Å². The lowest BCUT2D eigenvalue weighted by Crippen LogP contribution is -1.81. The highest BCUT2D eigenvalue weighted by Crippen LogP contribution is 2.36. The van der Waals surface area contributed by atoms with Crippen molar-refractivity contribution in [1.82, 2.24) is 0 Å². The van der Waals surface area contributed by atoms with Crippen LogP contribution in [0.15, 0.2) is 69.5 Å². The van der Waals surface area contributed by atoms with E-state index in [4.69, 9.17) is 8.83 Å². The SMILES string of the molecule is Fc1cc2cc3ccc4c5cc6oc(F)cc6cc5ccc4c3cc2o1. The summed E-state index contributed by atoms with van der Waals surface area (Å²) < 4.78 is 37.2. The van der Waals surface area contributed by atoms with Crippen molar-refractivity contribution in [2.24, 2.45) is 0 Å². The summed E-state index contributed by atoms with van der Waals surface area (Å²) in [5, 5.41) is 7.52. The molecule has 0 aliphatic rings. The number of furan rings is 2. The van der Waals surface area contributed by atoms with Crippen molar-refractivity contribution in [3.8, 4) is 0 Å². The van der Waals surface area contributed by atoms with E-state index >= 15 is 0 Å². The maximum atomic E-state index is 13.4. The number of hydrogen-bond donors (Lipinski definition) is 0. The Balaban J connectivity index is 1.79. The Morgan fingerprint density at radius 1 is 0.462 bits per heavy atom. The van der Waals surface area contributed by atoms with Crippen molar-refractivity contribution in [2.45, 2.75) is 0 Å². The first kappa shape index (κ1) is 13.8. The van der Waals surface area contributed by atoms with Gasteiger partial charge in [0.2, 0.25) is 0 Å². The molecular weight excluding hydrogens is 334 g/mol. The Kier molecular flexibility index (Phi) is 2.45. The Morgan fingerprint density at radius 3 is 1.38 bits per heavy atom. The second-order valence-electron chi connectivity index (χ2n) is 6.55. The van der Waals surface area contributed by atoms with E-state index in [-0.39, 0.29) is 0 Å². The van der Waals surface area contributed by atoms with E-state index in [9.17, 15) is 8.78 Å². The maximum absolute atomic E-state index is 13.4. The number of hydrogen-bond acceptors (Lipinski definition) is 2. The van der Waals surface area contributed by atoms with Gasteiger partial charge >= 0.3 is 0 Å². The minimum absolute atomic E-state index is 0.520. The van der Waals surface area contributed by atoms with Crippen molar-refractivity contribution in [1.29, 1.82) is 0 Å². The maximum Gasteiger partial charge on any atom is 0.278 e. The zero-order valence-electron chi connectivity index (χ0n) is 13.3. The average Bonchev–Trinajstić information content (AvgIpc) is 3.16. The Morgan fingerprint density at radius 2 is 0.923 bits per heavy atom. The van der Waals surface area contributed by atoms with Gasteiger partial charge in [-0.1, -0.05) is 24.3 Å². The molecule has 0 amide bonds. The zero-order valence-corrected chi connectivity index (χ0v) is 13.3. The summed E-state index contributed by atoms with van der Waals surface area (Å²) in [4.78, 5) is 0. The second kappa shape index (κ2) is 4.61. The molecule has 2 heterocycles. The van der Waals surface area contributed by atoms with Crippen molar-refractivity contribution in [2.75, 3.05) is 0 Å². The third-order valence-corrected chi connectivity index (χ3v) is 5.05. The van der Waals surface area contributed by atoms with E-state index in [1.165, 1.54) is 12.1 Å². The van der Waals surface area contributed by atoms with Crippen LogP contribution in [0, 0.1) is 12.0 Å². The molecule has 4 heteroatoms. The molecule has 6 rings (SSSR count). The van der Waals surface area contributed by atoms with Gasteiger partial charge in [-0.05, 0) is 56.6 Å². The van der Waals surface area contributed by atoms with Crippen LogP contribution in [0.2, 0.25) is 0 Å². The third-order valence-electron chi connectivity index (χ3n) is 5.05. The fourth-order valence-electron chi connectivity index (χ4n) is 3.88. The van der Waals surface area contributed by atoms with Crippen LogP contribution < -0.4 is 0 Å². The van der Waals surface area contributed by atoms with Crippen LogP contribution >= 0.6 is 0 Å². The highest BCUT2D eigenvalue weighted by molar-refractivity contribution is 6.20. The van der Waals surface area contributed by atoms with Crippen molar-refractivity contribution >= 4 is 54.3 Å². The Labute approximate surface area is 145 Å². The quantitative estimate of drug-likeness (QED) is 0.280. The van der Waals surface area contributed by atoms with Crippen LogP contribution in [0.1, 0.15) is 0 Å². The third kappa shape index (κ3) is 1.78. The normalized spacial score (nSPS) is 12.2. The minimum atomic E-state index is -0.590. The Bertz CT molecular complexity index is 1390. The molecule has 26 heavy (non-hydrogen) atoms. The minimum Gasteiger partial charge on any atom is -0.431 e. The molecule has 0 saturated carbocycles. The first-order valence-electron chi connectivity index (χ1n) is 8.23. The molecule has 2 aromatic heterocycles. The average molecular weight is 344 g/mol. The van der Waals surface area contributed by atoms with Crippen molar-refractivity contribution in [3.05, 3.63) is 72.7 Å². The summed E-state index contributed by atoms with van der Waals surface area (Å²) in [5.74, 6) is 0. The standard InChI is InChI=1S/C22H10F2O2/c23-21-7-13-5-11-1-3-15-16(17(11)9-19(13)25-21)4-2-12-6-14-8-22(24)26-20(14)10-18(12)15/h1-10H. The van der Waals surface area contributed by atoms with Gasteiger partial charge in [0, 0.05) is 22.9 Å². The van der Waals surface area contributed by atoms with Gasteiger partial charge < -0.3 is 8.83 Å². The molecule has 0 atom stereocenters. The molecule has 2 nitrogen and oxygen atoms in total. The van der Waals surface area contributed by atoms with Gasteiger partial charge in [0.15, 0.2) is 0 Å². The molecule has 0 N–H and O–H groups in total. The molecule has 0 radical (unpaired) electrons. The molecule has 0 aliphatic heterocycles. The van der Waals surface area contributed by atoms with Crippen LogP contribution in [0.5, 0.6) is 0 Å². The predicted molar refractivity (Wildman–Crippen MR) is 98.4 cm³/mol. The summed E-state index contributed by atoms with van der Waals surface area (Å²) in [6.45, 7) is 0. The lowest BCUT2D eigenvalue weighted by atomic mass is 9.96. The highest BCUT2D eigenvalue weighted by Gasteiger charge is 2.11. The molecule has 124 valence electrons. The topological polar surface area (TPSA) is 26.3 Å². The molecule has 6 aromatic rings. The van der Waals surface area contributed by atoms with Gasteiger partial charge in [0.1, 0.15) is 11.2 Å². The van der Waals surface area contributed by atoms with Crippen LogP contribution in [-0.2, 0) is 0 Å². The van der Waals surface area contributed by atoms with Crippen LogP contribution in [0.3, 0.4) is 0 Å². The summed E-state index contributed by atoms with van der Waals surface area (Å²) >= 11 is 0. The summed E-state index contributed by atoms with van der Waals surface area (Å²) in [5.41, 5.74) is 1.04. The molecule has 0 bridgehead atoms. The van der Waals surface area contributed by atoms with E-state index in [0.717, 1.165) is 43.1 Å². The second-order valence-corrected chi connectivity index (χ2v) is 6.55. The summed E-state index contributed by atoms with van der Waals surface area (Å²) in [7, 11) is 0. The van der Waals surface area contributed by atoms with E-state index in [1.54, 1.807) is 0 Å². The van der Waals surface area contributed by atoms with Gasteiger partial charge in [0.25, 0.3) is 12.0 Å². The molecule has 0 fully saturated rings. The first-order chi connectivity index (χ1) is 12.7. The van der Waals surface area contributed by atoms with Crippen LogP contribution in [-0.4, -0.2) is 0 Å². The van der Waals surface area contributed by atoms with Crippen LogP contribution in [0.25, 0.3) is 54.3 Å². The first-order valence-corrected chi connectivity index (χ1v) is 8.23. The van der Waals surface area contributed by atoms with Crippen LogP contribution in [0.4, 0.5) is 8.78 Å². The number of fused-ring (bicyclic) bond motifs is 7. The predicted octanol–water partition coefficient (Wildman–Crippen LogP) is 6.92. The van der Waals surface area contributed by atoms with Gasteiger partial charge in [-0.2, -0.15) is 8.78 Å². The number of benzene rings is 4. The summed E-state index contributed by atoms with van der Waals surface area (Å²) in [6.07, 6.45) is 0. The van der Waals surface area contributed by atoms with Gasteiger partial charge in [-0.15, -0.1) is 0 Å². The number of halogens is 2. The van der Waals surface area contributed by atoms with Gasteiger partial charge in [-0.3, -0.25) is 0 Å². The van der Waals surface area contributed by atoms with Gasteiger partial charge in [-0.25, -0.2) is 0 Å². The van der Waals surface area contributed by atoms with E-state index in [1.807, 2.05) is 48.5 Å². The molecule has 0 saturated heterocycles. The molecular formula is C22H10F2O2. The summed E-state index contributed by atoms with van der Waals surface area (Å²) in [6, 6.07) is 17.3. The number of rotatable bonds is 0. The lowest BCUT2D eigenvalue weighted by Gasteiger charge is -2.08. The molecule has 4 aromatic carbocycles. The van der Waals surface area contributed by atoms with E-state index in [0.29, 0.717) is 11.2 Å². The largest absolute Gasteiger partial charge is 0.431 e.